The van der Waals surface area contributed by atoms with Gasteiger partial charge >= 0.3 is 0 Å². The van der Waals surface area contributed by atoms with E-state index in [1.54, 1.807) is 0 Å². The standard InChI is InChI=1S/C61H39NO2/c1-5-16-40(17-6-1)41-28-30-45(31-29-41)62(47-32-34-50-49-24-13-14-26-54(49)61(55(50)37-47,43-20-9-3-10-21-43)44-22-11-4-12-23-44)46-33-35-56-51(36-46)52-38-59-53(39-58(52)63-56)60-48(25-15-27-57(60)64-59)42-18-7-2-8-19-42/h1-39H. The van der Waals surface area contributed by atoms with E-state index < -0.39 is 5.41 Å². The second-order valence-corrected chi connectivity index (χ2v) is 16.8. The molecule has 0 spiro atoms. The van der Waals surface area contributed by atoms with Crippen LogP contribution in [-0.2, 0) is 5.41 Å². The molecular formula is C61H39NO2. The number of anilines is 3. The number of hydrogen-bond acceptors (Lipinski definition) is 3. The molecule has 2 heterocycles. The lowest BCUT2D eigenvalue weighted by molar-refractivity contribution is 0.664. The quantitative estimate of drug-likeness (QED) is 0.160. The maximum absolute atomic E-state index is 6.70. The number of furan rings is 2. The lowest BCUT2D eigenvalue weighted by Gasteiger charge is -2.35. The van der Waals surface area contributed by atoms with Crippen LogP contribution in [0.25, 0.3) is 77.3 Å². The van der Waals surface area contributed by atoms with Gasteiger partial charge in [-0.1, -0.05) is 176 Å². The van der Waals surface area contributed by atoms with Gasteiger partial charge in [-0.2, -0.15) is 0 Å². The maximum Gasteiger partial charge on any atom is 0.136 e. The summed E-state index contributed by atoms with van der Waals surface area (Å²) < 4.78 is 13.3. The lowest BCUT2D eigenvalue weighted by Crippen LogP contribution is -2.28. The van der Waals surface area contributed by atoms with Crippen LogP contribution in [0.15, 0.2) is 245 Å². The minimum Gasteiger partial charge on any atom is -0.456 e. The molecule has 12 aromatic rings. The van der Waals surface area contributed by atoms with Gasteiger partial charge in [0.05, 0.1) is 5.41 Å². The zero-order valence-corrected chi connectivity index (χ0v) is 34.8. The monoisotopic (exact) mass is 817 g/mol. The Labute approximate surface area is 370 Å². The van der Waals surface area contributed by atoms with Crippen molar-refractivity contribution in [3.63, 3.8) is 0 Å². The Balaban J connectivity index is 1.03. The highest BCUT2D eigenvalue weighted by molar-refractivity contribution is 6.18. The Bertz CT molecular complexity index is 3660. The van der Waals surface area contributed by atoms with E-state index in [0.29, 0.717) is 0 Å². The molecule has 3 heteroatoms. The molecule has 0 radical (unpaired) electrons. The van der Waals surface area contributed by atoms with E-state index in [0.717, 1.165) is 72.1 Å². The molecule has 1 aliphatic rings. The zero-order valence-electron chi connectivity index (χ0n) is 34.8. The van der Waals surface area contributed by atoms with Gasteiger partial charge in [-0.05, 0) is 116 Å². The number of fused-ring (bicyclic) bond motifs is 9. The summed E-state index contributed by atoms with van der Waals surface area (Å²) >= 11 is 0. The van der Waals surface area contributed by atoms with Crippen molar-refractivity contribution >= 4 is 60.9 Å². The maximum atomic E-state index is 6.70. The van der Waals surface area contributed by atoms with Crippen molar-refractivity contribution in [3.8, 4) is 33.4 Å². The highest BCUT2D eigenvalue weighted by Gasteiger charge is 2.46. The molecule has 10 aromatic carbocycles. The SMILES string of the molecule is c1ccc(-c2ccc(N(c3ccc4c(c3)C(c3ccccc3)(c3ccccc3)c3ccccc3-4)c3ccc4oc5cc6c(cc5c4c3)oc3cccc(-c4ccccc4)c36)cc2)cc1. The predicted octanol–water partition coefficient (Wildman–Crippen LogP) is 16.7. The van der Waals surface area contributed by atoms with Crippen LogP contribution >= 0.6 is 0 Å². The van der Waals surface area contributed by atoms with Crippen molar-refractivity contribution in [1.82, 2.24) is 0 Å². The van der Waals surface area contributed by atoms with E-state index in [4.69, 9.17) is 8.83 Å². The van der Waals surface area contributed by atoms with Crippen molar-refractivity contribution in [3.05, 3.63) is 259 Å². The van der Waals surface area contributed by atoms with Crippen molar-refractivity contribution in [2.75, 3.05) is 4.90 Å². The van der Waals surface area contributed by atoms with Crippen LogP contribution < -0.4 is 4.90 Å². The Morgan fingerprint density at radius 2 is 0.812 bits per heavy atom. The molecule has 300 valence electrons. The fraction of sp³-hybridized carbons (Fsp3) is 0.0164. The normalized spacial score (nSPS) is 12.8. The summed E-state index contributed by atoms with van der Waals surface area (Å²) in [6, 6.07) is 85.2. The third-order valence-corrected chi connectivity index (χ3v) is 13.3. The first-order chi connectivity index (χ1) is 31.7. The minimum atomic E-state index is -0.531. The smallest absolute Gasteiger partial charge is 0.136 e. The van der Waals surface area contributed by atoms with Crippen molar-refractivity contribution in [2.45, 2.75) is 5.41 Å². The Morgan fingerprint density at radius 1 is 0.297 bits per heavy atom. The van der Waals surface area contributed by atoms with Gasteiger partial charge in [-0.3, -0.25) is 0 Å². The van der Waals surface area contributed by atoms with Gasteiger partial charge in [-0.25, -0.2) is 0 Å². The summed E-state index contributed by atoms with van der Waals surface area (Å²) in [6.07, 6.45) is 0. The fourth-order valence-corrected chi connectivity index (χ4v) is 10.5. The topological polar surface area (TPSA) is 29.5 Å². The summed E-state index contributed by atoms with van der Waals surface area (Å²) in [4.78, 5) is 2.39. The molecule has 1 aliphatic carbocycles. The second kappa shape index (κ2) is 14.3. The first-order valence-electron chi connectivity index (χ1n) is 21.9. The van der Waals surface area contributed by atoms with E-state index >= 15 is 0 Å². The summed E-state index contributed by atoms with van der Waals surface area (Å²) in [5.74, 6) is 0. The average Bonchev–Trinajstić information content (AvgIpc) is 4.02. The molecule has 0 saturated heterocycles. The number of hydrogen-bond donors (Lipinski definition) is 0. The van der Waals surface area contributed by atoms with Crippen LogP contribution in [0.1, 0.15) is 22.3 Å². The molecule has 0 unspecified atom stereocenters. The van der Waals surface area contributed by atoms with Gasteiger partial charge in [-0.15, -0.1) is 0 Å². The molecule has 0 amide bonds. The average molecular weight is 818 g/mol. The van der Waals surface area contributed by atoms with E-state index in [1.807, 2.05) is 0 Å². The minimum absolute atomic E-state index is 0.531. The summed E-state index contributed by atoms with van der Waals surface area (Å²) in [5.41, 5.74) is 18.1. The molecule has 0 aliphatic heterocycles. The van der Waals surface area contributed by atoms with Crippen LogP contribution in [0, 0.1) is 0 Å². The van der Waals surface area contributed by atoms with Gasteiger partial charge in [0, 0.05) is 38.6 Å². The molecule has 0 fully saturated rings. The van der Waals surface area contributed by atoms with E-state index in [9.17, 15) is 0 Å². The van der Waals surface area contributed by atoms with Gasteiger partial charge < -0.3 is 13.7 Å². The number of rotatable bonds is 7. The van der Waals surface area contributed by atoms with Gasteiger partial charge in [0.25, 0.3) is 0 Å². The zero-order chi connectivity index (χ0) is 42.2. The van der Waals surface area contributed by atoms with Crippen LogP contribution in [0.2, 0.25) is 0 Å². The Kier molecular flexibility index (Phi) is 8.13. The number of benzene rings is 10. The third-order valence-electron chi connectivity index (χ3n) is 13.3. The molecule has 64 heavy (non-hydrogen) atoms. The van der Waals surface area contributed by atoms with Crippen molar-refractivity contribution < 1.29 is 8.83 Å². The van der Waals surface area contributed by atoms with Gasteiger partial charge in [0.2, 0.25) is 0 Å². The Hall–Kier alpha value is -8.40. The van der Waals surface area contributed by atoms with Crippen LogP contribution in [0.3, 0.4) is 0 Å². The summed E-state index contributed by atoms with van der Waals surface area (Å²) in [6.45, 7) is 0. The second-order valence-electron chi connectivity index (χ2n) is 16.8. The highest BCUT2D eigenvalue weighted by atomic mass is 16.3. The summed E-state index contributed by atoms with van der Waals surface area (Å²) in [7, 11) is 0. The van der Waals surface area contributed by atoms with E-state index in [1.165, 1.54) is 44.5 Å². The molecular weight excluding hydrogens is 779 g/mol. The van der Waals surface area contributed by atoms with Gasteiger partial charge in [0.1, 0.15) is 22.3 Å². The first kappa shape index (κ1) is 36.3. The van der Waals surface area contributed by atoms with Crippen LogP contribution in [0.4, 0.5) is 17.1 Å². The molecule has 0 atom stereocenters. The van der Waals surface area contributed by atoms with E-state index in [2.05, 4.69) is 241 Å². The van der Waals surface area contributed by atoms with Crippen LogP contribution in [-0.4, -0.2) is 0 Å². The van der Waals surface area contributed by atoms with Crippen LogP contribution in [0.5, 0.6) is 0 Å². The van der Waals surface area contributed by atoms with Gasteiger partial charge in [0.15, 0.2) is 0 Å². The lowest BCUT2D eigenvalue weighted by atomic mass is 9.67. The first-order valence-corrected chi connectivity index (χ1v) is 21.9. The molecule has 3 nitrogen and oxygen atoms in total. The molecule has 13 rings (SSSR count). The third kappa shape index (κ3) is 5.47. The predicted molar refractivity (Wildman–Crippen MR) is 264 cm³/mol. The Morgan fingerprint density at radius 3 is 1.55 bits per heavy atom. The largest absolute Gasteiger partial charge is 0.456 e. The van der Waals surface area contributed by atoms with E-state index in [-0.39, 0.29) is 0 Å². The van der Waals surface area contributed by atoms with Crippen molar-refractivity contribution in [2.24, 2.45) is 0 Å². The molecule has 2 aromatic heterocycles. The molecule has 0 saturated carbocycles. The fourth-order valence-electron chi connectivity index (χ4n) is 10.5. The molecule has 0 N–H and O–H groups in total. The summed E-state index contributed by atoms with van der Waals surface area (Å²) in [5, 5.41) is 4.18. The molecule has 0 bridgehead atoms. The highest BCUT2D eigenvalue weighted by Crippen LogP contribution is 2.57. The van der Waals surface area contributed by atoms with Crippen molar-refractivity contribution in [1.29, 1.82) is 0 Å². The number of nitrogens with zero attached hydrogens (tertiary/aromatic N) is 1.